The lowest BCUT2D eigenvalue weighted by Crippen LogP contribution is -2.35. The molecular formula is C12H15BrO. The standard InChI is InChI=1S/C12H15BrO/c1-12-5-2-3-9(8-13)11(12)7-10(14)4-6-12/h4,6,8,11H,2-3,5,7H2,1H3/b9-8+/t11-,12+/m0/s1. The van der Waals surface area contributed by atoms with Crippen LogP contribution in [-0.4, -0.2) is 5.78 Å². The second-order valence-corrected chi connectivity index (χ2v) is 5.06. The molecule has 0 aromatic rings. The van der Waals surface area contributed by atoms with E-state index in [0.717, 1.165) is 6.42 Å². The smallest absolute Gasteiger partial charge is 0.156 e. The van der Waals surface area contributed by atoms with Crippen molar-refractivity contribution in [1.29, 1.82) is 0 Å². The Morgan fingerprint density at radius 1 is 1.64 bits per heavy atom. The lowest BCUT2D eigenvalue weighted by atomic mass is 9.62. The predicted molar refractivity (Wildman–Crippen MR) is 61.2 cm³/mol. The van der Waals surface area contributed by atoms with Gasteiger partial charge >= 0.3 is 0 Å². The van der Waals surface area contributed by atoms with Crippen molar-refractivity contribution in [3.8, 4) is 0 Å². The summed E-state index contributed by atoms with van der Waals surface area (Å²) >= 11 is 3.42. The minimum absolute atomic E-state index is 0.228. The Balaban J connectivity index is 2.35. The van der Waals surface area contributed by atoms with Gasteiger partial charge in [0.25, 0.3) is 0 Å². The van der Waals surface area contributed by atoms with Gasteiger partial charge in [-0.2, -0.15) is 0 Å². The van der Waals surface area contributed by atoms with Crippen LogP contribution in [0.1, 0.15) is 32.6 Å². The Labute approximate surface area is 93.4 Å². The second-order valence-electron chi connectivity index (χ2n) is 4.60. The van der Waals surface area contributed by atoms with E-state index >= 15 is 0 Å². The van der Waals surface area contributed by atoms with Crippen molar-refractivity contribution >= 4 is 21.7 Å². The molecule has 0 radical (unpaired) electrons. The molecule has 0 amide bonds. The van der Waals surface area contributed by atoms with Gasteiger partial charge in [0.15, 0.2) is 5.78 Å². The molecule has 0 saturated heterocycles. The molecule has 14 heavy (non-hydrogen) atoms. The Kier molecular flexibility index (Phi) is 2.65. The van der Waals surface area contributed by atoms with Crippen molar-refractivity contribution in [3.05, 3.63) is 22.7 Å². The van der Waals surface area contributed by atoms with E-state index in [1.807, 2.05) is 4.99 Å². The summed E-state index contributed by atoms with van der Waals surface area (Å²) in [6.07, 6.45) is 8.19. The van der Waals surface area contributed by atoms with E-state index in [9.17, 15) is 4.79 Å². The minimum atomic E-state index is 0.228. The molecule has 0 N–H and O–H groups in total. The van der Waals surface area contributed by atoms with E-state index in [-0.39, 0.29) is 11.2 Å². The van der Waals surface area contributed by atoms with Gasteiger partial charge in [0.05, 0.1) is 0 Å². The number of halogens is 1. The molecule has 2 heteroatoms. The van der Waals surface area contributed by atoms with Crippen molar-refractivity contribution in [3.63, 3.8) is 0 Å². The van der Waals surface area contributed by atoms with Gasteiger partial charge in [-0.1, -0.05) is 34.5 Å². The van der Waals surface area contributed by atoms with E-state index in [1.165, 1.54) is 18.4 Å². The molecular weight excluding hydrogens is 240 g/mol. The number of ketones is 1. The summed E-state index contributed by atoms with van der Waals surface area (Å²) in [6, 6.07) is 0. The Morgan fingerprint density at radius 2 is 2.43 bits per heavy atom. The highest BCUT2D eigenvalue weighted by Gasteiger charge is 2.40. The molecule has 76 valence electrons. The van der Waals surface area contributed by atoms with E-state index < -0.39 is 0 Å². The van der Waals surface area contributed by atoms with Crippen molar-refractivity contribution < 1.29 is 4.79 Å². The third-order valence-electron chi connectivity index (χ3n) is 3.62. The summed E-state index contributed by atoms with van der Waals surface area (Å²) in [7, 11) is 0. The lowest BCUT2D eigenvalue weighted by Gasteiger charge is -2.42. The van der Waals surface area contributed by atoms with Crippen LogP contribution < -0.4 is 0 Å². The van der Waals surface area contributed by atoms with Crippen LogP contribution in [0.5, 0.6) is 0 Å². The summed E-state index contributed by atoms with van der Waals surface area (Å²) in [4.78, 5) is 13.4. The molecule has 0 aromatic heterocycles. The van der Waals surface area contributed by atoms with E-state index in [2.05, 4.69) is 28.9 Å². The first-order valence-electron chi connectivity index (χ1n) is 5.17. The number of hydrogen-bond donors (Lipinski definition) is 0. The van der Waals surface area contributed by atoms with Crippen LogP contribution in [0.15, 0.2) is 22.7 Å². The molecule has 0 heterocycles. The highest BCUT2D eigenvalue weighted by molar-refractivity contribution is 9.11. The van der Waals surface area contributed by atoms with Crippen LogP contribution in [-0.2, 0) is 4.79 Å². The van der Waals surface area contributed by atoms with Gasteiger partial charge in [-0.25, -0.2) is 0 Å². The van der Waals surface area contributed by atoms with Gasteiger partial charge in [0.1, 0.15) is 0 Å². The summed E-state index contributed by atoms with van der Waals surface area (Å²) in [5, 5.41) is 0. The normalized spacial score (nSPS) is 40.0. The van der Waals surface area contributed by atoms with Crippen LogP contribution in [0.3, 0.4) is 0 Å². The number of carbonyl (C=O) groups excluding carboxylic acids is 1. The average molecular weight is 255 g/mol. The topological polar surface area (TPSA) is 17.1 Å². The van der Waals surface area contributed by atoms with Crippen LogP contribution in [0.25, 0.3) is 0 Å². The van der Waals surface area contributed by atoms with Gasteiger partial charge in [0, 0.05) is 6.42 Å². The number of allylic oxidation sites excluding steroid dienone is 3. The number of rotatable bonds is 0. The highest BCUT2D eigenvalue weighted by atomic mass is 79.9. The summed E-state index contributed by atoms with van der Waals surface area (Å²) in [6.45, 7) is 2.27. The maximum absolute atomic E-state index is 11.4. The molecule has 0 spiro atoms. The van der Waals surface area contributed by atoms with Crippen molar-refractivity contribution in [2.75, 3.05) is 0 Å². The van der Waals surface area contributed by atoms with Gasteiger partial charge in [-0.05, 0) is 41.7 Å². The van der Waals surface area contributed by atoms with Crippen molar-refractivity contribution in [2.45, 2.75) is 32.6 Å². The molecule has 0 bridgehead atoms. The Hall–Kier alpha value is -0.370. The highest BCUT2D eigenvalue weighted by Crippen LogP contribution is 2.48. The minimum Gasteiger partial charge on any atom is -0.295 e. The summed E-state index contributed by atoms with van der Waals surface area (Å²) in [5.41, 5.74) is 1.64. The predicted octanol–water partition coefficient (Wildman–Crippen LogP) is 3.60. The molecule has 1 saturated carbocycles. The van der Waals surface area contributed by atoms with Crippen LogP contribution in [0.4, 0.5) is 0 Å². The van der Waals surface area contributed by atoms with E-state index in [4.69, 9.17) is 0 Å². The number of fused-ring (bicyclic) bond motifs is 1. The van der Waals surface area contributed by atoms with Crippen LogP contribution in [0.2, 0.25) is 0 Å². The fraction of sp³-hybridized carbons (Fsp3) is 0.583. The second kappa shape index (κ2) is 3.65. The fourth-order valence-electron chi connectivity index (χ4n) is 2.69. The molecule has 2 rings (SSSR count). The molecule has 0 aromatic carbocycles. The summed E-state index contributed by atoms with van der Waals surface area (Å²) in [5.74, 6) is 0.717. The quantitative estimate of drug-likeness (QED) is 0.646. The molecule has 0 unspecified atom stereocenters. The van der Waals surface area contributed by atoms with Crippen LogP contribution >= 0.6 is 15.9 Å². The van der Waals surface area contributed by atoms with Crippen molar-refractivity contribution in [2.24, 2.45) is 11.3 Å². The zero-order valence-corrected chi connectivity index (χ0v) is 10.0. The Bertz CT molecular complexity index is 316. The average Bonchev–Trinajstić information content (AvgIpc) is 2.18. The van der Waals surface area contributed by atoms with E-state index in [0.29, 0.717) is 12.3 Å². The molecule has 2 atom stereocenters. The molecule has 1 nitrogen and oxygen atoms in total. The monoisotopic (exact) mass is 254 g/mol. The van der Waals surface area contributed by atoms with Crippen molar-refractivity contribution in [1.82, 2.24) is 0 Å². The van der Waals surface area contributed by atoms with Gasteiger partial charge in [-0.15, -0.1) is 0 Å². The first-order valence-corrected chi connectivity index (χ1v) is 6.08. The molecule has 2 aliphatic carbocycles. The van der Waals surface area contributed by atoms with Crippen LogP contribution in [0, 0.1) is 11.3 Å². The number of hydrogen-bond acceptors (Lipinski definition) is 1. The third kappa shape index (κ3) is 1.60. The maximum Gasteiger partial charge on any atom is 0.156 e. The van der Waals surface area contributed by atoms with Gasteiger partial charge in [0.2, 0.25) is 0 Å². The Morgan fingerprint density at radius 3 is 3.14 bits per heavy atom. The van der Waals surface area contributed by atoms with E-state index in [1.54, 1.807) is 6.08 Å². The first kappa shape index (κ1) is 10.2. The zero-order chi connectivity index (χ0) is 10.2. The van der Waals surface area contributed by atoms with Gasteiger partial charge < -0.3 is 0 Å². The molecule has 0 aliphatic heterocycles. The van der Waals surface area contributed by atoms with Gasteiger partial charge in [-0.3, -0.25) is 4.79 Å². The molecule has 1 fully saturated rings. The molecule has 2 aliphatic rings. The number of carbonyl (C=O) groups is 1. The maximum atomic E-state index is 11.4. The fourth-order valence-corrected chi connectivity index (χ4v) is 3.24. The third-order valence-corrected chi connectivity index (χ3v) is 4.21. The SMILES string of the molecule is C[C@@]12C=CC(=O)C[C@H]1/C(=C/Br)CCC2. The zero-order valence-electron chi connectivity index (χ0n) is 8.42. The first-order chi connectivity index (χ1) is 6.65. The summed E-state index contributed by atoms with van der Waals surface area (Å²) < 4.78 is 0. The lowest BCUT2D eigenvalue weighted by molar-refractivity contribution is -0.116. The largest absolute Gasteiger partial charge is 0.295 e.